The summed E-state index contributed by atoms with van der Waals surface area (Å²) in [5.74, 6) is -0.580. The molecule has 9 nitrogen and oxygen atoms in total. The fraction of sp³-hybridized carbons (Fsp3) is 0.500. The van der Waals surface area contributed by atoms with Gasteiger partial charge in [0.15, 0.2) is 16.1 Å². The number of carbonyl (C=O) groups excluding carboxylic acids is 1. The first-order valence-corrected chi connectivity index (χ1v) is 12.2. The smallest absolute Gasteiger partial charge is 0.277 e. The lowest BCUT2D eigenvalue weighted by atomic mass is 10.0. The van der Waals surface area contributed by atoms with Crippen LogP contribution in [0.4, 0.5) is 5.69 Å². The van der Waals surface area contributed by atoms with Crippen LogP contribution in [-0.2, 0) is 25.9 Å². The van der Waals surface area contributed by atoms with Gasteiger partial charge in [0.25, 0.3) is 5.56 Å². The largest absolute Gasteiger partial charge is 0.362 e. The number of morpholine rings is 1. The molecule has 0 unspecified atom stereocenters. The lowest BCUT2D eigenvalue weighted by Crippen LogP contribution is -2.48. The molecule has 1 fully saturated rings. The number of benzene rings is 1. The van der Waals surface area contributed by atoms with Gasteiger partial charge in [0.2, 0.25) is 5.78 Å². The van der Waals surface area contributed by atoms with Crippen LogP contribution < -0.4 is 10.5 Å². The van der Waals surface area contributed by atoms with Crippen molar-refractivity contribution in [1.82, 2.24) is 9.78 Å². The van der Waals surface area contributed by atoms with E-state index < -0.39 is 27.5 Å². The third-order valence-corrected chi connectivity index (χ3v) is 6.81. The van der Waals surface area contributed by atoms with Gasteiger partial charge in [-0.1, -0.05) is 18.5 Å². The molecule has 0 bridgehead atoms. The van der Waals surface area contributed by atoms with E-state index >= 15 is 0 Å². The predicted octanol–water partition coefficient (Wildman–Crippen LogP) is 2.07. The molecule has 0 amide bonds. The maximum absolute atomic E-state index is 13.1. The van der Waals surface area contributed by atoms with Gasteiger partial charge in [-0.2, -0.15) is 0 Å². The van der Waals surface area contributed by atoms with Crippen LogP contribution >= 0.6 is 11.6 Å². The SMILES string of the molecule is CC[C@@H]1CN(c2c(S(C)(=O)=O)ccc(C(=O)c3c[nH]n(CC)c3=O)c2Cl)C[C@@H](OC)O1. The number of hydrogen-bond donors (Lipinski definition) is 1. The number of ether oxygens (including phenoxy) is 2. The highest BCUT2D eigenvalue weighted by molar-refractivity contribution is 7.90. The lowest BCUT2D eigenvalue weighted by Gasteiger charge is -2.39. The number of nitrogens with zero attached hydrogens (tertiary/aromatic N) is 2. The topological polar surface area (TPSA) is 111 Å². The van der Waals surface area contributed by atoms with Crippen molar-refractivity contribution in [2.75, 3.05) is 31.4 Å². The molecular formula is C20H26ClN3O6S. The van der Waals surface area contributed by atoms with Crippen molar-refractivity contribution in [2.24, 2.45) is 0 Å². The zero-order valence-corrected chi connectivity index (χ0v) is 19.4. The molecule has 1 aliphatic rings. The molecule has 2 atom stereocenters. The summed E-state index contributed by atoms with van der Waals surface area (Å²) in [7, 11) is -2.16. The molecule has 170 valence electrons. The number of hydrogen-bond acceptors (Lipinski definition) is 7. The van der Waals surface area contributed by atoms with E-state index in [2.05, 4.69) is 5.10 Å². The fourth-order valence-electron chi connectivity index (χ4n) is 3.61. The van der Waals surface area contributed by atoms with E-state index in [-0.39, 0.29) is 39.4 Å². The Morgan fingerprint density at radius 3 is 2.55 bits per heavy atom. The number of aromatic amines is 1. The van der Waals surface area contributed by atoms with Crippen molar-refractivity contribution < 1.29 is 22.7 Å². The van der Waals surface area contributed by atoms with E-state index in [0.29, 0.717) is 19.5 Å². The van der Waals surface area contributed by atoms with Gasteiger partial charge < -0.3 is 19.5 Å². The molecule has 2 heterocycles. The molecule has 1 N–H and O–H groups in total. The Hall–Kier alpha value is -2.14. The van der Waals surface area contributed by atoms with Gasteiger partial charge in [0.1, 0.15) is 5.56 Å². The minimum atomic E-state index is -3.66. The molecule has 2 aromatic rings. The van der Waals surface area contributed by atoms with E-state index in [1.807, 2.05) is 6.92 Å². The van der Waals surface area contributed by atoms with Crippen molar-refractivity contribution in [3.8, 4) is 0 Å². The van der Waals surface area contributed by atoms with Crippen LogP contribution in [0.2, 0.25) is 5.02 Å². The van der Waals surface area contributed by atoms with Gasteiger partial charge in [-0.15, -0.1) is 0 Å². The lowest BCUT2D eigenvalue weighted by molar-refractivity contribution is -0.162. The number of rotatable bonds is 7. The summed E-state index contributed by atoms with van der Waals surface area (Å²) >= 11 is 6.65. The van der Waals surface area contributed by atoms with E-state index in [1.54, 1.807) is 11.8 Å². The Labute approximate surface area is 185 Å². The average Bonchev–Trinajstić information content (AvgIpc) is 3.12. The van der Waals surface area contributed by atoms with Crippen LogP contribution in [0.15, 0.2) is 28.0 Å². The van der Waals surface area contributed by atoms with Gasteiger partial charge >= 0.3 is 0 Å². The number of halogens is 1. The van der Waals surface area contributed by atoms with Crippen molar-refractivity contribution in [3.05, 3.63) is 44.8 Å². The zero-order chi connectivity index (χ0) is 22.9. The third-order valence-electron chi connectivity index (χ3n) is 5.30. The normalized spacial score (nSPS) is 19.6. The van der Waals surface area contributed by atoms with Crippen molar-refractivity contribution >= 4 is 32.9 Å². The van der Waals surface area contributed by atoms with E-state index in [0.717, 1.165) is 6.26 Å². The van der Waals surface area contributed by atoms with Gasteiger partial charge in [-0.05, 0) is 25.5 Å². The molecule has 3 rings (SSSR count). The zero-order valence-electron chi connectivity index (χ0n) is 17.8. The van der Waals surface area contributed by atoms with Gasteiger partial charge in [0.05, 0.1) is 28.3 Å². The van der Waals surface area contributed by atoms with Gasteiger partial charge in [0, 0.05) is 38.2 Å². The molecule has 1 saturated heterocycles. The molecule has 0 spiro atoms. The summed E-state index contributed by atoms with van der Waals surface area (Å²) in [6.45, 7) is 4.71. The third kappa shape index (κ3) is 4.57. The van der Waals surface area contributed by atoms with Crippen LogP contribution in [0.25, 0.3) is 0 Å². The van der Waals surface area contributed by atoms with Crippen LogP contribution in [0.1, 0.15) is 36.2 Å². The van der Waals surface area contributed by atoms with Crippen molar-refractivity contribution in [3.63, 3.8) is 0 Å². The Kier molecular flexibility index (Phi) is 6.95. The number of methoxy groups -OCH3 is 1. The van der Waals surface area contributed by atoms with Gasteiger partial charge in [-0.25, -0.2) is 8.42 Å². The van der Waals surface area contributed by atoms with Crippen molar-refractivity contribution in [1.29, 1.82) is 0 Å². The number of nitrogens with one attached hydrogen (secondary N) is 1. The molecule has 0 radical (unpaired) electrons. The molecular weight excluding hydrogens is 446 g/mol. The summed E-state index contributed by atoms with van der Waals surface area (Å²) in [6, 6.07) is 2.70. The number of aromatic nitrogens is 2. The minimum absolute atomic E-state index is 0.000643. The second-order valence-corrected chi connectivity index (χ2v) is 9.71. The first-order valence-electron chi connectivity index (χ1n) is 9.90. The van der Waals surface area contributed by atoms with Crippen molar-refractivity contribution in [2.45, 2.75) is 44.1 Å². The van der Waals surface area contributed by atoms with Crippen LogP contribution in [0.5, 0.6) is 0 Å². The van der Waals surface area contributed by atoms with E-state index in [1.165, 1.54) is 30.1 Å². The molecule has 1 aromatic carbocycles. The number of aryl methyl sites for hydroxylation is 1. The standard InChI is InChI=1S/C20H26ClN3O6S/c1-5-12-10-23(11-16(29-3)30-12)18-15(31(4,27)28)8-7-13(17(18)21)19(25)14-9-22-24(6-2)20(14)26/h7-9,12,16,22H,5-6,10-11H2,1-4H3/t12-,16+/m1/s1. The second-order valence-electron chi connectivity index (χ2n) is 7.35. The molecule has 0 aliphatic carbocycles. The average molecular weight is 472 g/mol. The van der Waals surface area contributed by atoms with Crippen LogP contribution in [0.3, 0.4) is 0 Å². The Morgan fingerprint density at radius 1 is 1.29 bits per heavy atom. The fourth-order valence-corrected chi connectivity index (χ4v) is 4.93. The Bertz CT molecular complexity index is 1130. The second kappa shape index (κ2) is 9.15. The summed E-state index contributed by atoms with van der Waals surface area (Å²) in [4.78, 5) is 27.3. The van der Waals surface area contributed by atoms with E-state index in [4.69, 9.17) is 21.1 Å². The highest BCUT2D eigenvalue weighted by Crippen LogP contribution is 2.38. The first kappa shape index (κ1) is 23.5. The monoisotopic (exact) mass is 471 g/mol. The number of ketones is 1. The maximum atomic E-state index is 13.1. The van der Waals surface area contributed by atoms with Crippen LogP contribution in [0, 0.1) is 0 Å². The quantitative estimate of drug-likeness (QED) is 0.615. The first-order chi connectivity index (χ1) is 14.6. The highest BCUT2D eigenvalue weighted by atomic mass is 35.5. The van der Waals surface area contributed by atoms with Gasteiger partial charge in [-0.3, -0.25) is 14.3 Å². The maximum Gasteiger partial charge on any atom is 0.277 e. The highest BCUT2D eigenvalue weighted by Gasteiger charge is 2.33. The Balaban J connectivity index is 2.16. The number of H-pyrrole nitrogens is 1. The van der Waals surface area contributed by atoms with Crippen LogP contribution in [-0.4, -0.2) is 62.8 Å². The number of anilines is 1. The number of sulfone groups is 1. The summed E-state index contributed by atoms with van der Waals surface area (Å²) in [5, 5.41) is 2.71. The molecule has 1 aromatic heterocycles. The minimum Gasteiger partial charge on any atom is -0.362 e. The summed E-state index contributed by atoms with van der Waals surface area (Å²) < 4.78 is 37.5. The van der Waals surface area contributed by atoms with E-state index in [9.17, 15) is 18.0 Å². The molecule has 31 heavy (non-hydrogen) atoms. The molecule has 0 saturated carbocycles. The predicted molar refractivity (Wildman–Crippen MR) is 117 cm³/mol. The Morgan fingerprint density at radius 2 is 2.00 bits per heavy atom. The molecule has 1 aliphatic heterocycles. The summed E-state index contributed by atoms with van der Waals surface area (Å²) in [6.07, 6.45) is 2.31. The molecule has 11 heteroatoms. The summed E-state index contributed by atoms with van der Waals surface area (Å²) in [5.41, 5.74) is -0.263. The number of carbonyl (C=O) groups is 1.